The van der Waals surface area contributed by atoms with Crippen molar-refractivity contribution in [2.45, 2.75) is 25.2 Å². The molecule has 184 valence electrons. The van der Waals surface area contributed by atoms with Gasteiger partial charge < -0.3 is 24.7 Å². The molecule has 0 atom stereocenters. The van der Waals surface area contributed by atoms with Gasteiger partial charge in [0.1, 0.15) is 0 Å². The fraction of sp³-hybridized carbons (Fsp3) is 0.250. The predicted octanol–water partition coefficient (Wildman–Crippen LogP) is 4.21. The number of nitrogens with zero attached hydrogens (tertiary/aromatic N) is 3. The van der Waals surface area contributed by atoms with Gasteiger partial charge in [0.15, 0.2) is 22.5 Å². The Morgan fingerprint density at radius 1 is 1.14 bits per heavy atom. The van der Waals surface area contributed by atoms with E-state index in [4.69, 9.17) is 9.47 Å². The number of anilines is 1. The van der Waals surface area contributed by atoms with Crippen molar-refractivity contribution in [2.75, 3.05) is 25.3 Å². The third kappa shape index (κ3) is 6.86. The number of halogens is 1. The molecule has 0 aliphatic carbocycles. The van der Waals surface area contributed by atoms with Crippen molar-refractivity contribution >= 4 is 45.2 Å². The monoisotopic (exact) mass is 559 g/mol. The number of hydrogen-bond donors (Lipinski definition) is 2. The number of amides is 2. The van der Waals surface area contributed by atoms with Gasteiger partial charge in [-0.1, -0.05) is 33.8 Å². The Hall–Kier alpha value is -3.31. The second-order valence-corrected chi connectivity index (χ2v) is 9.15. The van der Waals surface area contributed by atoms with E-state index in [2.05, 4.69) is 43.3 Å². The van der Waals surface area contributed by atoms with Crippen molar-refractivity contribution in [2.24, 2.45) is 0 Å². The molecule has 0 radical (unpaired) electrons. The standard InChI is InChI=1S/C24H26BrN5O4S/c1-5-10-30-21(13-26-23(32)16-6-9-19(33-3)20(12-16)34-4)28-29-24(30)35-14-22(31)27-17-7-8-18(25)15(2)11-17/h5-9,11-12H,1,10,13-14H2,2-4H3,(H,26,32)(H,27,31). The molecule has 1 heterocycles. The molecule has 0 aliphatic rings. The molecule has 0 saturated heterocycles. The molecule has 3 rings (SSSR count). The molecular formula is C24H26BrN5O4S. The zero-order valence-electron chi connectivity index (χ0n) is 19.6. The fourth-order valence-corrected chi connectivity index (χ4v) is 4.17. The Morgan fingerprint density at radius 2 is 1.91 bits per heavy atom. The lowest BCUT2D eigenvalue weighted by Gasteiger charge is -2.11. The number of ether oxygens (including phenoxy) is 2. The van der Waals surface area contributed by atoms with Gasteiger partial charge in [0.25, 0.3) is 5.91 Å². The second kappa shape index (κ2) is 12.4. The van der Waals surface area contributed by atoms with E-state index in [9.17, 15) is 9.59 Å². The summed E-state index contributed by atoms with van der Waals surface area (Å²) >= 11 is 4.71. The number of benzene rings is 2. The summed E-state index contributed by atoms with van der Waals surface area (Å²) in [5.41, 5.74) is 2.18. The minimum absolute atomic E-state index is 0.152. The van der Waals surface area contributed by atoms with Crippen LogP contribution in [0.25, 0.3) is 0 Å². The van der Waals surface area contributed by atoms with Gasteiger partial charge in [0.2, 0.25) is 5.91 Å². The van der Waals surface area contributed by atoms with Crippen molar-refractivity contribution in [1.29, 1.82) is 0 Å². The Kier molecular flexibility index (Phi) is 9.32. The topological polar surface area (TPSA) is 107 Å². The van der Waals surface area contributed by atoms with Crippen LogP contribution in [-0.2, 0) is 17.9 Å². The molecule has 0 bridgehead atoms. The van der Waals surface area contributed by atoms with Crippen molar-refractivity contribution in [3.63, 3.8) is 0 Å². The van der Waals surface area contributed by atoms with Gasteiger partial charge in [-0.05, 0) is 48.9 Å². The summed E-state index contributed by atoms with van der Waals surface area (Å²) in [6.45, 7) is 6.32. The number of allylic oxidation sites excluding steroid dienone is 1. The van der Waals surface area contributed by atoms with Crippen LogP contribution in [0.2, 0.25) is 0 Å². The van der Waals surface area contributed by atoms with Crippen molar-refractivity contribution in [3.05, 3.63) is 70.5 Å². The summed E-state index contributed by atoms with van der Waals surface area (Å²) in [6.07, 6.45) is 1.71. The minimum atomic E-state index is -0.294. The number of methoxy groups -OCH3 is 2. The Bertz CT molecular complexity index is 1230. The van der Waals surface area contributed by atoms with Crippen LogP contribution in [0.1, 0.15) is 21.7 Å². The zero-order chi connectivity index (χ0) is 25.4. The highest BCUT2D eigenvalue weighted by atomic mass is 79.9. The van der Waals surface area contributed by atoms with Crippen molar-refractivity contribution < 1.29 is 19.1 Å². The summed E-state index contributed by atoms with van der Waals surface area (Å²) < 4.78 is 13.3. The first-order valence-corrected chi connectivity index (χ1v) is 12.4. The van der Waals surface area contributed by atoms with Gasteiger partial charge in [-0.15, -0.1) is 16.8 Å². The number of carbonyl (C=O) groups is 2. The average molecular weight is 560 g/mol. The molecule has 2 aromatic carbocycles. The normalized spacial score (nSPS) is 10.5. The van der Waals surface area contributed by atoms with Gasteiger partial charge in [-0.3, -0.25) is 9.59 Å². The number of carbonyl (C=O) groups excluding carboxylic acids is 2. The number of nitrogens with one attached hydrogen (secondary N) is 2. The highest BCUT2D eigenvalue weighted by molar-refractivity contribution is 9.10. The lowest BCUT2D eigenvalue weighted by molar-refractivity contribution is -0.113. The molecule has 3 aromatic rings. The molecule has 2 N–H and O–H groups in total. The Balaban J connectivity index is 1.62. The lowest BCUT2D eigenvalue weighted by Crippen LogP contribution is -2.25. The average Bonchev–Trinajstić information content (AvgIpc) is 3.24. The quantitative estimate of drug-likeness (QED) is 0.267. The largest absolute Gasteiger partial charge is 0.493 e. The van der Waals surface area contributed by atoms with E-state index in [-0.39, 0.29) is 24.1 Å². The first-order chi connectivity index (χ1) is 16.9. The second-order valence-electron chi connectivity index (χ2n) is 7.35. The summed E-state index contributed by atoms with van der Waals surface area (Å²) in [5.74, 6) is 1.25. The van der Waals surface area contributed by atoms with Gasteiger partial charge in [0, 0.05) is 22.3 Å². The predicted molar refractivity (Wildman–Crippen MR) is 139 cm³/mol. The van der Waals surface area contributed by atoms with Crippen LogP contribution < -0.4 is 20.1 Å². The smallest absolute Gasteiger partial charge is 0.251 e. The highest BCUT2D eigenvalue weighted by Crippen LogP contribution is 2.27. The molecule has 0 unspecified atom stereocenters. The molecule has 2 amide bonds. The maximum Gasteiger partial charge on any atom is 0.251 e. The molecule has 0 fully saturated rings. The summed E-state index contributed by atoms with van der Waals surface area (Å²) in [5, 5.41) is 14.7. The molecule has 9 nitrogen and oxygen atoms in total. The first-order valence-electron chi connectivity index (χ1n) is 10.6. The van der Waals surface area contributed by atoms with E-state index in [1.807, 2.05) is 29.7 Å². The summed E-state index contributed by atoms with van der Waals surface area (Å²) in [6, 6.07) is 10.5. The van der Waals surface area contributed by atoms with Gasteiger partial charge >= 0.3 is 0 Å². The van der Waals surface area contributed by atoms with Crippen molar-refractivity contribution in [1.82, 2.24) is 20.1 Å². The minimum Gasteiger partial charge on any atom is -0.493 e. The van der Waals surface area contributed by atoms with Crippen LogP contribution in [0.3, 0.4) is 0 Å². The molecule has 35 heavy (non-hydrogen) atoms. The Morgan fingerprint density at radius 3 is 2.60 bits per heavy atom. The number of hydrogen-bond acceptors (Lipinski definition) is 7. The Labute approximate surface area is 216 Å². The van der Waals surface area contributed by atoms with E-state index in [1.54, 1.807) is 24.3 Å². The fourth-order valence-electron chi connectivity index (χ4n) is 3.16. The van der Waals surface area contributed by atoms with E-state index >= 15 is 0 Å². The molecule has 0 saturated carbocycles. The molecule has 1 aromatic heterocycles. The van der Waals surface area contributed by atoms with Crippen LogP contribution in [-0.4, -0.2) is 46.6 Å². The maximum absolute atomic E-state index is 12.6. The van der Waals surface area contributed by atoms with Crippen LogP contribution in [0.4, 0.5) is 5.69 Å². The van der Waals surface area contributed by atoms with Crippen LogP contribution in [0.15, 0.2) is 58.7 Å². The van der Waals surface area contributed by atoms with E-state index < -0.39 is 0 Å². The van der Waals surface area contributed by atoms with E-state index in [1.165, 1.54) is 26.0 Å². The van der Waals surface area contributed by atoms with Gasteiger partial charge in [-0.2, -0.15) is 0 Å². The number of thioether (sulfide) groups is 1. The molecule has 0 aliphatic heterocycles. The highest BCUT2D eigenvalue weighted by Gasteiger charge is 2.16. The van der Waals surface area contributed by atoms with E-state index in [0.29, 0.717) is 34.6 Å². The number of rotatable bonds is 11. The van der Waals surface area contributed by atoms with E-state index in [0.717, 1.165) is 15.7 Å². The molecule has 11 heteroatoms. The zero-order valence-corrected chi connectivity index (χ0v) is 22.0. The van der Waals surface area contributed by atoms with Crippen molar-refractivity contribution in [3.8, 4) is 11.5 Å². The van der Waals surface area contributed by atoms with Gasteiger partial charge in [-0.25, -0.2) is 0 Å². The SMILES string of the molecule is C=CCn1c(CNC(=O)c2ccc(OC)c(OC)c2)nnc1SCC(=O)Nc1ccc(Br)c(C)c1. The third-order valence-corrected chi connectivity index (χ3v) is 6.79. The third-order valence-electron chi connectivity index (χ3n) is 4.93. The lowest BCUT2D eigenvalue weighted by atomic mass is 10.2. The number of aryl methyl sites for hydroxylation is 1. The number of aromatic nitrogens is 3. The molecule has 0 spiro atoms. The van der Waals surface area contributed by atoms with Gasteiger partial charge in [0.05, 0.1) is 26.5 Å². The summed E-state index contributed by atoms with van der Waals surface area (Å²) in [7, 11) is 3.04. The van der Waals surface area contributed by atoms with Crippen LogP contribution in [0.5, 0.6) is 11.5 Å². The van der Waals surface area contributed by atoms with Crippen LogP contribution >= 0.6 is 27.7 Å². The maximum atomic E-state index is 12.6. The molecular weight excluding hydrogens is 534 g/mol. The summed E-state index contributed by atoms with van der Waals surface area (Å²) in [4.78, 5) is 25.1. The van der Waals surface area contributed by atoms with Crippen LogP contribution in [0, 0.1) is 6.92 Å². The first kappa shape index (κ1) is 26.3.